The smallest absolute Gasteiger partial charge is 0.265 e. The van der Waals surface area contributed by atoms with Crippen LogP contribution in [0.15, 0.2) is 65.1 Å². The molecule has 42 heavy (non-hydrogen) atoms. The first kappa shape index (κ1) is 30.1. The number of methoxy groups -OCH3 is 2. The highest BCUT2D eigenvalue weighted by molar-refractivity contribution is 6.35. The Balaban J connectivity index is 1.71. The summed E-state index contributed by atoms with van der Waals surface area (Å²) in [5.74, 6) is 0.381. The molecule has 0 aliphatic heterocycles. The third kappa shape index (κ3) is 6.70. The van der Waals surface area contributed by atoms with Crippen molar-refractivity contribution in [3.05, 3.63) is 81.3 Å². The SMILES string of the molecule is COc1cc(OC)c(Cl)c(-c2cc3cnc(N)nc3n(CCc3cccc(NC(=O)C(C#N)=CC(C)(C)C)c3)c2=O)c1. The third-order valence-electron chi connectivity index (χ3n) is 6.36. The van der Waals surface area contributed by atoms with Crippen molar-refractivity contribution >= 4 is 40.2 Å². The van der Waals surface area contributed by atoms with Gasteiger partial charge in [-0.25, -0.2) is 4.98 Å². The Morgan fingerprint density at radius 3 is 2.60 bits per heavy atom. The molecule has 0 saturated carbocycles. The van der Waals surface area contributed by atoms with Crippen molar-refractivity contribution in [1.29, 1.82) is 5.26 Å². The van der Waals surface area contributed by atoms with Crippen molar-refractivity contribution in [2.45, 2.75) is 33.7 Å². The van der Waals surface area contributed by atoms with Crippen LogP contribution in [0.5, 0.6) is 11.5 Å². The molecule has 4 aromatic rings. The van der Waals surface area contributed by atoms with Gasteiger partial charge in [-0.15, -0.1) is 0 Å². The predicted octanol–water partition coefficient (Wildman–Crippen LogP) is 5.39. The minimum Gasteiger partial charge on any atom is -0.497 e. The Labute approximate surface area is 248 Å². The van der Waals surface area contributed by atoms with E-state index >= 15 is 0 Å². The van der Waals surface area contributed by atoms with E-state index in [1.807, 2.05) is 32.9 Å². The zero-order chi connectivity index (χ0) is 30.6. The number of halogens is 1. The first-order valence-corrected chi connectivity index (χ1v) is 13.4. The lowest BCUT2D eigenvalue weighted by Gasteiger charge is -2.16. The molecule has 0 bridgehead atoms. The van der Waals surface area contributed by atoms with E-state index in [9.17, 15) is 14.9 Å². The number of carbonyl (C=O) groups excluding carboxylic acids is 1. The normalized spacial score (nSPS) is 11.7. The fourth-order valence-electron chi connectivity index (χ4n) is 4.43. The molecule has 0 saturated heterocycles. The molecule has 0 spiro atoms. The molecule has 1 amide bonds. The number of hydrogen-bond donors (Lipinski definition) is 2. The second-order valence-corrected chi connectivity index (χ2v) is 11.0. The maximum atomic E-state index is 13.9. The van der Waals surface area contributed by atoms with E-state index in [1.54, 1.807) is 48.7 Å². The Morgan fingerprint density at radius 2 is 1.93 bits per heavy atom. The lowest BCUT2D eigenvalue weighted by atomic mass is 9.93. The van der Waals surface area contributed by atoms with E-state index in [0.717, 1.165) is 5.56 Å². The van der Waals surface area contributed by atoms with Gasteiger partial charge in [0.1, 0.15) is 28.8 Å². The molecular formula is C31H31ClN6O4. The molecule has 2 aromatic carbocycles. The van der Waals surface area contributed by atoms with Gasteiger partial charge in [0, 0.05) is 41.0 Å². The summed E-state index contributed by atoms with van der Waals surface area (Å²) >= 11 is 6.63. The van der Waals surface area contributed by atoms with Crippen molar-refractivity contribution in [3.8, 4) is 28.7 Å². The Kier molecular flexibility index (Phi) is 8.83. The van der Waals surface area contributed by atoms with Crippen LogP contribution in [0.4, 0.5) is 11.6 Å². The van der Waals surface area contributed by atoms with Gasteiger partial charge in [0.05, 0.1) is 19.2 Å². The number of rotatable bonds is 8. The maximum absolute atomic E-state index is 13.9. The number of anilines is 2. The quantitative estimate of drug-likeness (QED) is 0.206. The van der Waals surface area contributed by atoms with Crippen LogP contribution in [0.2, 0.25) is 5.02 Å². The van der Waals surface area contributed by atoms with Gasteiger partial charge in [0.25, 0.3) is 11.5 Å². The number of aryl methyl sites for hydroxylation is 2. The second kappa shape index (κ2) is 12.3. The highest BCUT2D eigenvalue weighted by atomic mass is 35.5. The number of nitrogens with two attached hydrogens (primary N) is 1. The summed E-state index contributed by atoms with van der Waals surface area (Å²) in [6.45, 7) is 5.98. The van der Waals surface area contributed by atoms with Crippen LogP contribution in [0, 0.1) is 16.7 Å². The minimum absolute atomic E-state index is 0.0331. The molecule has 0 radical (unpaired) electrons. The summed E-state index contributed by atoms with van der Waals surface area (Å²) in [7, 11) is 3.00. The Morgan fingerprint density at radius 1 is 1.17 bits per heavy atom. The summed E-state index contributed by atoms with van der Waals surface area (Å²) in [5, 5.41) is 13.1. The highest BCUT2D eigenvalue weighted by Crippen LogP contribution is 2.38. The number of pyridine rings is 1. The van der Waals surface area contributed by atoms with E-state index in [2.05, 4.69) is 15.3 Å². The van der Waals surface area contributed by atoms with Gasteiger partial charge in [0.15, 0.2) is 0 Å². The molecule has 0 fully saturated rings. The van der Waals surface area contributed by atoms with Gasteiger partial charge in [-0.05, 0) is 41.7 Å². The predicted molar refractivity (Wildman–Crippen MR) is 164 cm³/mol. The molecule has 0 aliphatic rings. The largest absolute Gasteiger partial charge is 0.497 e. The number of allylic oxidation sites excluding steroid dienone is 1. The number of amides is 1. The van der Waals surface area contributed by atoms with E-state index in [-0.39, 0.29) is 34.1 Å². The average molecular weight is 587 g/mol. The second-order valence-electron chi connectivity index (χ2n) is 10.7. The number of nitrogens with zero attached hydrogens (tertiary/aromatic N) is 4. The van der Waals surface area contributed by atoms with Gasteiger partial charge in [-0.3, -0.25) is 14.2 Å². The minimum atomic E-state index is -0.489. The topological polar surface area (TPSA) is 145 Å². The molecule has 4 rings (SSSR count). The monoisotopic (exact) mass is 586 g/mol. The van der Waals surface area contributed by atoms with Crippen LogP contribution in [0.25, 0.3) is 22.2 Å². The fourth-order valence-corrected chi connectivity index (χ4v) is 4.72. The molecule has 216 valence electrons. The van der Waals surface area contributed by atoms with Crippen LogP contribution in [-0.4, -0.2) is 34.7 Å². The number of nitrogens with one attached hydrogen (secondary N) is 1. The van der Waals surface area contributed by atoms with Crippen molar-refractivity contribution in [2.24, 2.45) is 5.41 Å². The molecule has 0 aliphatic carbocycles. The van der Waals surface area contributed by atoms with E-state index in [0.29, 0.717) is 45.8 Å². The number of ether oxygens (including phenoxy) is 2. The van der Waals surface area contributed by atoms with E-state index in [4.69, 9.17) is 26.8 Å². The van der Waals surface area contributed by atoms with Gasteiger partial charge >= 0.3 is 0 Å². The van der Waals surface area contributed by atoms with Crippen molar-refractivity contribution in [2.75, 3.05) is 25.3 Å². The number of fused-ring (bicyclic) bond motifs is 1. The number of benzene rings is 2. The Hall–Kier alpha value is -4.88. The maximum Gasteiger partial charge on any atom is 0.265 e. The van der Waals surface area contributed by atoms with Crippen LogP contribution < -0.4 is 26.1 Å². The molecule has 10 nitrogen and oxygen atoms in total. The number of aromatic nitrogens is 3. The summed E-state index contributed by atoms with van der Waals surface area (Å²) < 4.78 is 12.3. The summed E-state index contributed by atoms with van der Waals surface area (Å²) in [4.78, 5) is 35.1. The number of nitriles is 1. The highest BCUT2D eigenvalue weighted by Gasteiger charge is 2.19. The standard InChI is InChI=1S/C31H31ClN6O4/c1-31(2,3)15-20(16-33)28(39)36-21-8-6-7-18(11-21)9-10-38-27-19(17-35-30(34)37-27)12-24(29(38)40)23-13-22(41-4)14-25(42-5)26(23)32/h6-8,11-15,17H,9-10H2,1-5H3,(H,36,39)(H2,34,35,37). The first-order chi connectivity index (χ1) is 19.9. The number of hydrogen-bond acceptors (Lipinski definition) is 8. The van der Waals surface area contributed by atoms with Crippen LogP contribution in [-0.2, 0) is 17.8 Å². The summed E-state index contributed by atoms with van der Waals surface area (Å²) in [5.41, 5.74) is 7.74. The van der Waals surface area contributed by atoms with Gasteiger partial charge in [-0.1, -0.05) is 50.6 Å². The molecule has 2 aromatic heterocycles. The average Bonchev–Trinajstić information content (AvgIpc) is 2.95. The van der Waals surface area contributed by atoms with Crippen molar-refractivity contribution < 1.29 is 14.3 Å². The number of carbonyl (C=O) groups is 1. The summed E-state index contributed by atoms with van der Waals surface area (Å²) in [6, 6.07) is 14.2. The van der Waals surface area contributed by atoms with E-state index in [1.165, 1.54) is 18.8 Å². The number of nitrogen functional groups attached to an aromatic ring is 1. The van der Waals surface area contributed by atoms with Gasteiger partial charge in [0.2, 0.25) is 5.95 Å². The van der Waals surface area contributed by atoms with Crippen molar-refractivity contribution in [1.82, 2.24) is 14.5 Å². The molecule has 2 heterocycles. The van der Waals surface area contributed by atoms with Crippen LogP contribution >= 0.6 is 11.6 Å². The van der Waals surface area contributed by atoms with Gasteiger partial charge in [-0.2, -0.15) is 10.2 Å². The molecular weight excluding hydrogens is 556 g/mol. The van der Waals surface area contributed by atoms with Gasteiger partial charge < -0.3 is 20.5 Å². The fraction of sp³-hybridized carbons (Fsp3) is 0.258. The van der Waals surface area contributed by atoms with Crippen LogP contribution in [0.1, 0.15) is 26.3 Å². The zero-order valence-corrected chi connectivity index (χ0v) is 24.7. The molecule has 11 heteroatoms. The van der Waals surface area contributed by atoms with Crippen molar-refractivity contribution in [3.63, 3.8) is 0 Å². The zero-order valence-electron chi connectivity index (χ0n) is 24.0. The Bertz CT molecular complexity index is 1800. The van der Waals surface area contributed by atoms with Crippen LogP contribution in [0.3, 0.4) is 0 Å². The lowest BCUT2D eigenvalue weighted by Crippen LogP contribution is -2.24. The molecule has 0 atom stereocenters. The third-order valence-corrected chi connectivity index (χ3v) is 6.75. The molecule has 3 N–H and O–H groups in total. The molecule has 0 unspecified atom stereocenters. The summed E-state index contributed by atoms with van der Waals surface area (Å²) in [6.07, 6.45) is 3.61. The van der Waals surface area contributed by atoms with E-state index < -0.39 is 5.91 Å². The lowest BCUT2D eigenvalue weighted by molar-refractivity contribution is -0.112. The first-order valence-electron chi connectivity index (χ1n) is 13.0.